The van der Waals surface area contributed by atoms with Crippen molar-refractivity contribution in [2.75, 3.05) is 26.2 Å². The number of carbonyl (C=O) groups excluding carboxylic acids is 1. The molecule has 0 unspecified atom stereocenters. The van der Waals surface area contributed by atoms with Crippen molar-refractivity contribution in [1.82, 2.24) is 29.5 Å². The molecule has 1 aliphatic heterocycles. The molecule has 4 rings (SSSR count). The molecule has 0 saturated carbocycles. The molecule has 1 saturated heterocycles. The number of amides is 1. The Morgan fingerprint density at radius 3 is 2.54 bits per heavy atom. The molecule has 1 aromatic carbocycles. The first kappa shape index (κ1) is 18.6. The average molecular weight is 397 g/mol. The van der Waals surface area contributed by atoms with Crippen LogP contribution >= 0.6 is 11.6 Å². The maximum Gasteiger partial charge on any atom is 0.293 e. The highest BCUT2D eigenvalue weighted by molar-refractivity contribution is 6.30. The summed E-state index contributed by atoms with van der Waals surface area (Å²) in [6.45, 7) is 5.64. The number of aromatic nitrogens is 4. The molecule has 28 heavy (non-hydrogen) atoms. The van der Waals surface area contributed by atoms with E-state index in [9.17, 15) is 4.79 Å². The smallest absolute Gasteiger partial charge is 0.293 e. The van der Waals surface area contributed by atoms with Crippen molar-refractivity contribution in [3.05, 3.63) is 71.0 Å². The van der Waals surface area contributed by atoms with Gasteiger partial charge in [-0.2, -0.15) is 0 Å². The van der Waals surface area contributed by atoms with Crippen molar-refractivity contribution in [3.8, 4) is 5.69 Å². The van der Waals surface area contributed by atoms with Crippen LogP contribution in [0.5, 0.6) is 0 Å². The third kappa shape index (κ3) is 4.05. The van der Waals surface area contributed by atoms with Crippen LogP contribution in [0.25, 0.3) is 5.69 Å². The fourth-order valence-corrected chi connectivity index (χ4v) is 3.43. The van der Waals surface area contributed by atoms with Gasteiger partial charge in [0.1, 0.15) is 5.82 Å². The summed E-state index contributed by atoms with van der Waals surface area (Å²) in [6.07, 6.45) is 3.66. The Balaban J connectivity index is 1.40. The highest BCUT2D eigenvalue weighted by Gasteiger charge is 2.25. The molecular formula is C20H21ClN6O. The lowest BCUT2D eigenvalue weighted by molar-refractivity contribution is 0.0616. The first-order valence-electron chi connectivity index (χ1n) is 9.20. The lowest BCUT2D eigenvalue weighted by Crippen LogP contribution is -2.48. The molecule has 3 heterocycles. The Bertz CT molecular complexity index is 949. The number of benzene rings is 1. The van der Waals surface area contributed by atoms with Gasteiger partial charge in [-0.25, -0.2) is 9.67 Å². The fourth-order valence-electron chi connectivity index (χ4n) is 3.31. The molecule has 144 valence electrons. The number of aryl methyl sites for hydroxylation is 1. The summed E-state index contributed by atoms with van der Waals surface area (Å²) in [5.74, 6) is 0.769. The largest absolute Gasteiger partial charge is 0.333 e. The van der Waals surface area contributed by atoms with Gasteiger partial charge < -0.3 is 4.90 Å². The van der Waals surface area contributed by atoms with Crippen LogP contribution in [0.4, 0.5) is 0 Å². The summed E-state index contributed by atoms with van der Waals surface area (Å²) in [4.78, 5) is 25.5. The lowest BCUT2D eigenvalue weighted by atomic mass is 10.2. The lowest BCUT2D eigenvalue weighted by Gasteiger charge is -2.34. The summed E-state index contributed by atoms with van der Waals surface area (Å²) >= 11 is 5.95. The van der Waals surface area contributed by atoms with Crippen molar-refractivity contribution in [2.45, 2.75) is 13.5 Å². The van der Waals surface area contributed by atoms with Gasteiger partial charge in [0.15, 0.2) is 0 Å². The molecule has 0 N–H and O–H groups in total. The topological polar surface area (TPSA) is 67.2 Å². The second-order valence-corrected chi connectivity index (χ2v) is 7.24. The summed E-state index contributed by atoms with van der Waals surface area (Å²) in [6, 6.07) is 11.3. The number of carbonyl (C=O) groups is 1. The average Bonchev–Trinajstić information content (AvgIpc) is 3.11. The fraction of sp³-hybridized carbons (Fsp3) is 0.300. The zero-order valence-electron chi connectivity index (χ0n) is 15.6. The number of rotatable bonds is 4. The first-order valence-corrected chi connectivity index (χ1v) is 9.58. The Morgan fingerprint density at radius 1 is 1.11 bits per heavy atom. The van der Waals surface area contributed by atoms with Crippen molar-refractivity contribution in [3.63, 3.8) is 0 Å². The van der Waals surface area contributed by atoms with Gasteiger partial charge in [0, 0.05) is 50.1 Å². The van der Waals surface area contributed by atoms with Gasteiger partial charge in [-0.1, -0.05) is 17.7 Å². The standard InChI is InChI=1S/C20H21ClN6O/c1-15-23-19(24-27(15)18-6-4-17(21)5-7-18)20(28)26-11-9-25(10-12-26)14-16-3-2-8-22-13-16/h2-8,13H,9-12,14H2,1H3. The number of nitrogens with zero attached hydrogens (tertiary/aromatic N) is 6. The Labute approximate surface area is 168 Å². The van der Waals surface area contributed by atoms with Crippen molar-refractivity contribution in [1.29, 1.82) is 0 Å². The van der Waals surface area contributed by atoms with Gasteiger partial charge in [-0.3, -0.25) is 14.7 Å². The number of halogens is 1. The summed E-state index contributed by atoms with van der Waals surface area (Å²) in [7, 11) is 0. The Kier molecular flexibility index (Phi) is 5.36. The summed E-state index contributed by atoms with van der Waals surface area (Å²) < 4.78 is 1.67. The molecule has 8 heteroatoms. The molecule has 1 amide bonds. The third-order valence-corrected chi connectivity index (χ3v) is 5.07. The van der Waals surface area contributed by atoms with E-state index in [1.165, 1.54) is 5.56 Å². The van der Waals surface area contributed by atoms with Crippen LogP contribution in [-0.4, -0.2) is 61.6 Å². The minimum Gasteiger partial charge on any atom is -0.333 e. The van der Waals surface area contributed by atoms with Crippen LogP contribution in [0.1, 0.15) is 22.0 Å². The van der Waals surface area contributed by atoms with Crippen LogP contribution < -0.4 is 0 Å². The zero-order valence-corrected chi connectivity index (χ0v) is 16.4. The number of hydrogen-bond donors (Lipinski definition) is 0. The first-order chi connectivity index (χ1) is 13.6. The monoisotopic (exact) mass is 396 g/mol. The molecule has 3 aromatic rings. The zero-order chi connectivity index (χ0) is 19.5. The second-order valence-electron chi connectivity index (χ2n) is 6.80. The van der Waals surface area contributed by atoms with E-state index in [1.54, 1.807) is 23.0 Å². The van der Waals surface area contributed by atoms with Gasteiger partial charge in [0.25, 0.3) is 5.91 Å². The van der Waals surface area contributed by atoms with Crippen LogP contribution in [0.2, 0.25) is 5.02 Å². The number of hydrogen-bond acceptors (Lipinski definition) is 5. The van der Waals surface area contributed by atoms with Crippen LogP contribution in [-0.2, 0) is 6.54 Å². The molecule has 0 bridgehead atoms. The maximum atomic E-state index is 12.9. The quantitative estimate of drug-likeness (QED) is 0.678. The van der Waals surface area contributed by atoms with E-state index in [4.69, 9.17) is 11.6 Å². The van der Waals surface area contributed by atoms with Gasteiger partial charge >= 0.3 is 0 Å². The second kappa shape index (κ2) is 8.08. The van der Waals surface area contributed by atoms with Gasteiger partial charge in [0.2, 0.25) is 5.82 Å². The molecular weight excluding hydrogens is 376 g/mol. The summed E-state index contributed by atoms with van der Waals surface area (Å²) in [5.41, 5.74) is 2.01. The molecule has 0 aliphatic carbocycles. The van der Waals surface area contributed by atoms with E-state index in [1.807, 2.05) is 36.2 Å². The highest BCUT2D eigenvalue weighted by atomic mass is 35.5. The molecule has 7 nitrogen and oxygen atoms in total. The molecule has 1 aliphatic rings. The predicted molar refractivity (Wildman–Crippen MR) is 107 cm³/mol. The highest BCUT2D eigenvalue weighted by Crippen LogP contribution is 2.15. The molecule has 0 atom stereocenters. The number of pyridine rings is 1. The summed E-state index contributed by atoms with van der Waals surface area (Å²) in [5, 5.41) is 5.08. The van der Waals surface area contributed by atoms with Crippen LogP contribution in [0.3, 0.4) is 0 Å². The Hall–Kier alpha value is -2.77. The van der Waals surface area contributed by atoms with E-state index >= 15 is 0 Å². The van der Waals surface area contributed by atoms with E-state index < -0.39 is 0 Å². The predicted octanol–water partition coefficient (Wildman–Crippen LogP) is 2.58. The van der Waals surface area contributed by atoms with Crippen LogP contribution in [0, 0.1) is 6.92 Å². The van der Waals surface area contributed by atoms with E-state index in [-0.39, 0.29) is 11.7 Å². The van der Waals surface area contributed by atoms with Crippen molar-refractivity contribution >= 4 is 17.5 Å². The number of piperazine rings is 1. The van der Waals surface area contributed by atoms with Gasteiger partial charge in [-0.15, -0.1) is 5.10 Å². The van der Waals surface area contributed by atoms with Crippen molar-refractivity contribution in [2.24, 2.45) is 0 Å². The van der Waals surface area contributed by atoms with Crippen molar-refractivity contribution < 1.29 is 4.79 Å². The molecule has 1 fully saturated rings. The maximum absolute atomic E-state index is 12.9. The van der Waals surface area contributed by atoms with Gasteiger partial charge in [0.05, 0.1) is 5.69 Å². The minimum absolute atomic E-state index is 0.128. The van der Waals surface area contributed by atoms with Crippen LogP contribution in [0.15, 0.2) is 48.8 Å². The van der Waals surface area contributed by atoms with E-state index in [0.29, 0.717) is 23.9 Å². The molecule has 2 aromatic heterocycles. The molecule has 0 spiro atoms. The van der Waals surface area contributed by atoms with E-state index in [2.05, 4.69) is 26.0 Å². The minimum atomic E-state index is -0.128. The third-order valence-electron chi connectivity index (χ3n) is 4.82. The normalized spacial score (nSPS) is 15.0. The SMILES string of the molecule is Cc1nc(C(=O)N2CCN(Cc3cccnc3)CC2)nn1-c1ccc(Cl)cc1. The van der Waals surface area contributed by atoms with Gasteiger partial charge in [-0.05, 0) is 42.8 Å². The Morgan fingerprint density at radius 2 is 1.86 bits per heavy atom. The van der Waals surface area contributed by atoms with E-state index in [0.717, 1.165) is 25.3 Å². The molecule has 0 radical (unpaired) electrons.